The van der Waals surface area contributed by atoms with E-state index in [1.165, 1.54) is 11.1 Å². The maximum atomic E-state index is 12.2. The molecule has 0 bridgehead atoms. The summed E-state index contributed by atoms with van der Waals surface area (Å²) in [6.07, 6.45) is 2.26. The van der Waals surface area contributed by atoms with E-state index in [1.807, 2.05) is 6.92 Å². The number of rotatable bonds is 7. The van der Waals surface area contributed by atoms with Crippen molar-refractivity contribution in [3.05, 3.63) is 35.4 Å². The van der Waals surface area contributed by atoms with Crippen LogP contribution in [0, 0.1) is 5.92 Å². The van der Waals surface area contributed by atoms with Gasteiger partial charge in [0.05, 0.1) is 6.04 Å². The van der Waals surface area contributed by atoms with Gasteiger partial charge in [0.15, 0.2) is 0 Å². The lowest BCUT2D eigenvalue weighted by Crippen LogP contribution is -2.45. The molecule has 22 heavy (non-hydrogen) atoms. The second-order valence-corrected chi connectivity index (χ2v) is 7.21. The van der Waals surface area contributed by atoms with Gasteiger partial charge < -0.3 is 5.32 Å². The van der Waals surface area contributed by atoms with Crippen LogP contribution in [0.4, 0.5) is 0 Å². The quantitative estimate of drug-likeness (QED) is 0.805. The molecule has 0 aliphatic heterocycles. The van der Waals surface area contributed by atoms with E-state index in [2.05, 4.69) is 62.6 Å². The van der Waals surface area contributed by atoms with Crippen molar-refractivity contribution in [2.45, 2.75) is 71.5 Å². The molecule has 1 saturated carbocycles. The van der Waals surface area contributed by atoms with E-state index >= 15 is 0 Å². The summed E-state index contributed by atoms with van der Waals surface area (Å²) in [6, 6.07) is 9.23. The number of hydrogen-bond acceptors (Lipinski definition) is 2. The molecule has 0 aromatic heterocycles. The second-order valence-electron chi connectivity index (χ2n) is 7.21. The van der Waals surface area contributed by atoms with Crippen LogP contribution in [0.15, 0.2) is 24.3 Å². The molecule has 1 aromatic rings. The smallest absolute Gasteiger partial charge is 0.237 e. The Morgan fingerprint density at radius 1 is 1.00 bits per heavy atom. The molecular formula is C19H30N2O. The minimum Gasteiger partial charge on any atom is -0.352 e. The Balaban J connectivity index is 2.03. The lowest BCUT2D eigenvalue weighted by atomic mass is 9.93. The molecule has 1 amide bonds. The van der Waals surface area contributed by atoms with Gasteiger partial charge in [-0.2, -0.15) is 0 Å². The summed E-state index contributed by atoms with van der Waals surface area (Å²) in [7, 11) is 0. The van der Waals surface area contributed by atoms with Crippen LogP contribution in [0.3, 0.4) is 0 Å². The van der Waals surface area contributed by atoms with Gasteiger partial charge in [0, 0.05) is 12.1 Å². The first kappa shape index (κ1) is 17.0. The van der Waals surface area contributed by atoms with Gasteiger partial charge in [-0.3, -0.25) is 10.1 Å². The molecule has 2 N–H and O–H groups in total. The number of carbonyl (C=O) groups excluding carboxylic acids is 1. The third-order valence-electron chi connectivity index (χ3n) is 4.38. The monoisotopic (exact) mass is 302 g/mol. The Labute approximate surface area is 134 Å². The Kier molecular flexibility index (Phi) is 5.63. The van der Waals surface area contributed by atoms with E-state index in [-0.39, 0.29) is 18.0 Å². The zero-order valence-electron chi connectivity index (χ0n) is 14.5. The molecule has 122 valence electrons. The first-order valence-electron chi connectivity index (χ1n) is 8.54. The lowest BCUT2D eigenvalue weighted by Gasteiger charge is -2.27. The second kappa shape index (κ2) is 7.28. The highest BCUT2D eigenvalue weighted by molar-refractivity contribution is 5.81. The van der Waals surface area contributed by atoms with Gasteiger partial charge in [0.2, 0.25) is 5.91 Å². The maximum absolute atomic E-state index is 12.2. The molecule has 2 atom stereocenters. The summed E-state index contributed by atoms with van der Waals surface area (Å²) < 4.78 is 0. The normalized spacial score (nSPS) is 17.6. The van der Waals surface area contributed by atoms with Gasteiger partial charge in [-0.25, -0.2) is 0 Å². The van der Waals surface area contributed by atoms with Gasteiger partial charge in [0.1, 0.15) is 0 Å². The van der Waals surface area contributed by atoms with Gasteiger partial charge in [0.25, 0.3) is 0 Å². The fourth-order valence-corrected chi connectivity index (χ4v) is 2.66. The van der Waals surface area contributed by atoms with Crippen molar-refractivity contribution in [2.24, 2.45) is 5.92 Å². The van der Waals surface area contributed by atoms with Gasteiger partial charge >= 0.3 is 0 Å². The fraction of sp³-hybridized carbons (Fsp3) is 0.632. The predicted molar refractivity (Wildman–Crippen MR) is 91.9 cm³/mol. The van der Waals surface area contributed by atoms with Crippen LogP contribution in [0.1, 0.15) is 70.5 Å². The molecule has 1 aliphatic carbocycles. The summed E-state index contributed by atoms with van der Waals surface area (Å²) in [6.45, 7) is 10.8. The first-order chi connectivity index (χ1) is 10.4. The van der Waals surface area contributed by atoms with Crippen molar-refractivity contribution in [1.82, 2.24) is 10.6 Å². The molecular weight excluding hydrogens is 272 g/mol. The summed E-state index contributed by atoms with van der Waals surface area (Å²) in [5.74, 6) is 1.09. The molecule has 1 fully saturated rings. The van der Waals surface area contributed by atoms with Gasteiger partial charge in [-0.15, -0.1) is 0 Å². The Bertz CT molecular complexity index is 489. The van der Waals surface area contributed by atoms with Crippen LogP contribution in [0.2, 0.25) is 0 Å². The van der Waals surface area contributed by atoms with Crippen LogP contribution < -0.4 is 10.6 Å². The summed E-state index contributed by atoms with van der Waals surface area (Å²) >= 11 is 0. The van der Waals surface area contributed by atoms with Crippen LogP contribution >= 0.6 is 0 Å². The Morgan fingerprint density at radius 2 is 1.55 bits per heavy atom. The molecule has 0 saturated heterocycles. The molecule has 2 rings (SSSR count). The van der Waals surface area contributed by atoms with E-state index in [9.17, 15) is 4.79 Å². The van der Waals surface area contributed by atoms with Crippen LogP contribution in [0.5, 0.6) is 0 Å². The van der Waals surface area contributed by atoms with Crippen molar-refractivity contribution in [3.63, 3.8) is 0 Å². The van der Waals surface area contributed by atoms with Crippen molar-refractivity contribution in [1.29, 1.82) is 0 Å². The standard InChI is InChI=1S/C19H30N2O/c1-12(2)15-6-8-16(9-7-15)18(13(3)4)20-14(5)19(22)21-17-10-11-17/h6-9,12-14,17-18,20H,10-11H2,1-5H3,(H,21,22)/t14-,18+/m0/s1. The fourth-order valence-electron chi connectivity index (χ4n) is 2.66. The van der Waals surface area contributed by atoms with Crippen LogP contribution in [0.25, 0.3) is 0 Å². The van der Waals surface area contributed by atoms with Gasteiger partial charge in [-0.1, -0.05) is 52.0 Å². The lowest BCUT2D eigenvalue weighted by molar-refractivity contribution is -0.123. The van der Waals surface area contributed by atoms with E-state index in [4.69, 9.17) is 0 Å². The van der Waals surface area contributed by atoms with E-state index in [0.717, 1.165) is 12.8 Å². The summed E-state index contributed by atoms with van der Waals surface area (Å²) in [5.41, 5.74) is 2.61. The topological polar surface area (TPSA) is 41.1 Å². The minimum absolute atomic E-state index is 0.118. The van der Waals surface area contributed by atoms with Crippen molar-refractivity contribution >= 4 is 5.91 Å². The van der Waals surface area contributed by atoms with Crippen molar-refractivity contribution in [3.8, 4) is 0 Å². The zero-order valence-corrected chi connectivity index (χ0v) is 14.5. The number of hydrogen-bond donors (Lipinski definition) is 2. The number of amides is 1. The van der Waals surface area contributed by atoms with E-state index < -0.39 is 0 Å². The summed E-state index contributed by atoms with van der Waals surface area (Å²) in [5, 5.41) is 6.57. The van der Waals surface area contributed by atoms with Crippen LogP contribution in [-0.2, 0) is 4.79 Å². The van der Waals surface area contributed by atoms with Crippen molar-refractivity contribution in [2.75, 3.05) is 0 Å². The predicted octanol–water partition coefficient (Wildman–Crippen LogP) is 3.76. The highest BCUT2D eigenvalue weighted by atomic mass is 16.2. The number of carbonyl (C=O) groups is 1. The first-order valence-corrected chi connectivity index (χ1v) is 8.54. The van der Waals surface area contributed by atoms with Gasteiger partial charge in [-0.05, 0) is 42.7 Å². The maximum Gasteiger partial charge on any atom is 0.237 e. The molecule has 1 aliphatic rings. The molecule has 0 heterocycles. The third kappa shape index (κ3) is 4.57. The van der Waals surface area contributed by atoms with E-state index in [0.29, 0.717) is 17.9 Å². The molecule has 3 nitrogen and oxygen atoms in total. The van der Waals surface area contributed by atoms with Crippen LogP contribution in [-0.4, -0.2) is 18.0 Å². The summed E-state index contributed by atoms with van der Waals surface area (Å²) in [4.78, 5) is 12.2. The number of nitrogens with one attached hydrogen (secondary N) is 2. The van der Waals surface area contributed by atoms with Crippen molar-refractivity contribution < 1.29 is 4.79 Å². The Morgan fingerprint density at radius 3 is 2.00 bits per heavy atom. The highest BCUT2D eigenvalue weighted by Crippen LogP contribution is 2.25. The third-order valence-corrected chi connectivity index (χ3v) is 4.38. The van der Waals surface area contributed by atoms with E-state index in [1.54, 1.807) is 0 Å². The Hall–Kier alpha value is -1.35. The molecule has 1 aromatic carbocycles. The minimum atomic E-state index is -0.169. The average molecular weight is 302 g/mol. The number of benzene rings is 1. The SMILES string of the molecule is CC(C)c1ccc([C@H](N[C@@H](C)C(=O)NC2CC2)C(C)C)cc1. The molecule has 3 heteroatoms. The molecule has 0 unspecified atom stereocenters. The molecule has 0 radical (unpaired) electrons. The zero-order chi connectivity index (χ0) is 16.3. The largest absolute Gasteiger partial charge is 0.352 e. The average Bonchev–Trinajstić information content (AvgIpc) is 3.28. The highest BCUT2D eigenvalue weighted by Gasteiger charge is 2.27. The molecule has 0 spiro atoms.